The summed E-state index contributed by atoms with van der Waals surface area (Å²) in [6.07, 6.45) is 29.5. The quantitative estimate of drug-likeness (QED) is 0.00768. The minimum absolute atomic E-state index is 0.0732. The highest BCUT2D eigenvalue weighted by Crippen LogP contribution is 2.59. The molecule has 97 heavy (non-hydrogen) atoms. The molecule has 12 heteroatoms. The Morgan fingerprint density at radius 1 is 0.227 bits per heavy atom. The number of aryl methyl sites for hydroxylation is 1. The first-order chi connectivity index (χ1) is 47.1. The first-order valence-electron chi connectivity index (χ1n) is 37.3. The van der Waals surface area contributed by atoms with Gasteiger partial charge in [-0.1, -0.05) is 267 Å². The average Bonchev–Trinajstić information content (AvgIpc) is 0.733. The smallest absolute Gasteiger partial charge is 0.200 e. The fourth-order valence-corrected chi connectivity index (χ4v) is 16.4. The molecule has 0 spiro atoms. The lowest BCUT2D eigenvalue weighted by atomic mass is 9.75. The Bertz CT molecular complexity index is 3890. The minimum Gasteiger partial charge on any atom is -0.504 e. The van der Waals surface area contributed by atoms with Gasteiger partial charge in [-0.2, -0.15) is 0 Å². The van der Waals surface area contributed by atoms with Crippen LogP contribution >= 0.6 is 0 Å². The van der Waals surface area contributed by atoms with Crippen molar-refractivity contribution < 1.29 is 61.3 Å². The molecule has 1 aliphatic rings. The Morgan fingerprint density at radius 3 is 0.763 bits per heavy atom. The number of benzene rings is 9. The Labute approximate surface area is 574 Å². The van der Waals surface area contributed by atoms with Crippen LogP contribution < -0.4 is 0 Å². The molecule has 12 N–H and O–H groups in total. The summed E-state index contributed by atoms with van der Waals surface area (Å²) in [5, 5.41) is 158. The molecule has 2 unspecified atom stereocenters. The first kappa shape index (κ1) is 71.6. The normalized spacial score (nSPS) is 15.6. The molecule has 0 saturated carbocycles. The number of phenolic OH excluding ortho intramolecular Hbond substituents is 12. The molecule has 10 rings (SSSR count). The summed E-state index contributed by atoms with van der Waals surface area (Å²) in [5.41, 5.74) is 1.84. The van der Waals surface area contributed by atoms with Crippen LogP contribution in [-0.2, 0) is 6.42 Å². The van der Waals surface area contributed by atoms with Crippen molar-refractivity contribution in [1.82, 2.24) is 0 Å². The van der Waals surface area contributed by atoms with E-state index in [1.807, 2.05) is 0 Å². The summed E-state index contributed by atoms with van der Waals surface area (Å²) in [7, 11) is 0. The van der Waals surface area contributed by atoms with Crippen molar-refractivity contribution in [1.29, 1.82) is 0 Å². The van der Waals surface area contributed by atoms with Crippen LogP contribution in [0.2, 0.25) is 0 Å². The van der Waals surface area contributed by atoms with Crippen LogP contribution in [0.3, 0.4) is 0 Å². The first-order valence-corrected chi connectivity index (χ1v) is 37.3. The molecule has 0 fully saturated rings. The summed E-state index contributed by atoms with van der Waals surface area (Å²) in [4.78, 5) is 0. The molecule has 9 aromatic rings. The van der Waals surface area contributed by atoms with Crippen molar-refractivity contribution >= 4 is 43.1 Å². The molecule has 8 bridgehead atoms. The Morgan fingerprint density at radius 2 is 0.464 bits per heavy atom. The van der Waals surface area contributed by atoms with Gasteiger partial charge < -0.3 is 61.3 Å². The van der Waals surface area contributed by atoms with Gasteiger partial charge in [0, 0.05) is 68.2 Å². The van der Waals surface area contributed by atoms with E-state index in [-0.39, 0.29) is 70.2 Å². The molecule has 0 aliphatic heterocycles. The summed E-state index contributed by atoms with van der Waals surface area (Å²) in [6.45, 7) is 6.58. The standard InChI is InChI=1S/C85H108O12/c1-4-7-10-13-16-19-22-25-28-39-56-64-49-66(76(88)82(94)74(64)86)57(40-29-26-23-20-17-14-11-8-5-2)68-51-70(80(92)84(96)78(68)90)59(42-32-31-36-53-47-48-63-61-45-34-38-54-37-33-44-60(72(54)61)62-46-35-43-55(53)73(62)63)71-52-69(79(91)85(97)81(71)93)58(41-30-27-24-21-18-15-12-9-6-3)67-50-65(56)75(87)83(95)77(67)89/h33-35,37-38,43-52,56-59,86-97H,4-32,36,39-42H2,1-3H3. The third-order valence-electron chi connectivity index (χ3n) is 21.8. The molecular weight excluding hydrogens is 1210 g/mol. The monoisotopic (exact) mass is 1320 g/mol. The molecule has 0 radical (unpaired) electrons. The van der Waals surface area contributed by atoms with Crippen molar-refractivity contribution in [2.75, 3.05) is 0 Å². The molecule has 2 atom stereocenters. The van der Waals surface area contributed by atoms with E-state index >= 15 is 0 Å². The van der Waals surface area contributed by atoms with Crippen molar-refractivity contribution in [3.8, 4) is 69.0 Å². The van der Waals surface area contributed by atoms with Gasteiger partial charge in [0.05, 0.1) is 0 Å². The molecule has 1 aliphatic carbocycles. The molecule has 520 valence electrons. The van der Waals surface area contributed by atoms with Crippen molar-refractivity contribution in [3.63, 3.8) is 0 Å². The maximum Gasteiger partial charge on any atom is 0.200 e. The predicted molar refractivity (Wildman–Crippen MR) is 394 cm³/mol. The van der Waals surface area contributed by atoms with Gasteiger partial charge in [0.25, 0.3) is 0 Å². The SMILES string of the molecule is CCCCCCCCCCCC1c2cc(c(O)c(O)c2O)C(CCCCCCCCCCC)c2cc(c(O)c(O)c2O)C(CCCCc2ccc3c4cccc5cccc(c6cccc2c63)c54)c2cc(c(O)c(O)c2O)C(CCCCCCCCCCC)c2cc1c(O)c(O)c2O. The van der Waals surface area contributed by atoms with E-state index in [2.05, 4.69) is 87.5 Å². The van der Waals surface area contributed by atoms with Crippen LogP contribution in [0.4, 0.5) is 0 Å². The van der Waals surface area contributed by atoms with Gasteiger partial charge in [0.2, 0.25) is 23.0 Å². The molecule has 12 nitrogen and oxygen atoms in total. The summed E-state index contributed by atoms with van der Waals surface area (Å²) < 4.78 is 0. The van der Waals surface area contributed by atoms with Gasteiger partial charge in [-0.05, 0) is 111 Å². The second kappa shape index (κ2) is 33.9. The Kier molecular flexibility index (Phi) is 25.0. The van der Waals surface area contributed by atoms with E-state index in [1.165, 1.54) is 76.2 Å². The van der Waals surface area contributed by atoms with Crippen LogP contribution in [-0.4, -0.2) is 61.3 Å². The fourth-order valence-electron chi connectivity index (χ4n) is 16.4. The second-order valence-electron chi connectivity index (χ2n) is 28.4. The lowest BCUT2D eigenvalue weighted by molar-refractivity contribution is 0.347. The number of hydrogen-bond acceptors (Lipinski definition) is 12. The highest BCUT2D eigenvalue weighted by molar-refractivity contribution is 6.33. The summed E-state index contributed by atoms with van der Waals surface area (Å²) in [6, 6.07) is 30.1. The lowest BCUT2D eigenvalue weighted by Crippen LogP contribution is -2.12. The van der Waals surface area contributed by atoms with Crippen molar-refractivity contribution in [2.45, 2.75) is 263 Å². The average molecular weight is 1320 g/mol. The van der Waals surface area contributed by atoms with Crippen LogP contribution in [0.15, 0.2) is 91.0 Å². The van der Waals surface area contributed by atoms with Gasteiger partial charge in [-0.25, -0.2) is 0 Å². The molecule has 0 amide bonds. The number of phenols is 12. The number of rotatable bonds is 35. The van der Waals surface area contributed by atoms with Gasteiger partial charge >= 0.3 is 0 Å². The van der Waals surface area contributed by atoms with Crippen LogP contribution in [0, 0.1) is 0 Å². The van der Waals surface area contributed by atoms with Gasteiger partial charge in [-0.15, -0.1) is 0 Å². The second-order valence-corrected chi connectivity index (χ2v) is 28.4. The van der Waals surface area contributed by atoms with E-state index < -0.39 is 92.7 Å². The van der Waals surface area contributed by atoms with Crippen molar-refractivity contribution in [3.05, 3.63) is 141 Å². The number of hydrogen-bond donors (Lipinski definition) is 12. The zero-order chi connectivity index (χ0) is 68.7. The van der Waals surface area contributed by atoms with E-state index in [0.29, 0.717) is 38.5 Å². The number of fused-ring (bicyclic) bond motifs is 10. The maximum atomic E-state index is 12.5. The van der Waals surface area contributed by atoms with Crippen molar-refractivity contribution in [2.24, 2.45) is 0 Å². The summed E-state index contributed by atoms with van der Waals surface area (Å²) in [5.74, 6) is -12.9. The molecule has 0 heterocycles. The fraction of sp³-hybridized carbons (Fsp3) is 0.482. The van der Waals surface area contributed by atoms with E-state index in [1.54, 1.807) is 24.3 Å². The highest BCUT2D eigenvalue weighted by Gasteiger charge is 2.38. The molecular formula is C85H108O12. The minimum atomic E-state index is -1.08. The number of unbranched alkanes of at least 4 members (excludes halogenated alkanes) is 25. The van der Waals surface area contributed by atoms with Gasteiger partial charge in [0.15, 0.2) is 46.0 Å². The lowest BCUT2D eigenvalue weighted by Gasteiger charge is -2.30. The number of aromatic hydroxyl groups is 12. The van der Waals surface area contributed by atoms with Gasteiger partial charge in [0.1, 0.15) is 0 Å². The largest absolute Gasteiger partial charge is 0.504 e. The highest BCUT2D eigenvalue weighted by atomic mass is 16.3. The zero-order valence-electron chi connectivity index (χ0n) is 57.9. The van der Waals surface area contributed by atoms with Crippen LogP contribution in [0.25, 0.3) is 43.1 Å². The third kappa shape index (κ3) is 15.7. The maximum absolute atomic E-state index is 12.5. The van der Waals surface area contributed by atoms with Crippen LogP contribution in [0.1, 0.15) is 306 Å². The summed E-state index contributed by atoms with van der Waals surface area (Å²) >= 11 is 0. The predicted octanol–water partition coefficient (Wildman–Crippen LogP) is 23.2. The topological polar surface area (TPSA) is 243 Å². The van der Waals surface area contributed by atoms with E-state index in [0.717, 1.165) is 127 Å². The molecule has 9 aromatic carbocycles. The van der Waals surface area contributed by atoms with Gasteiger partial charge in [-0.3, -0.25) is 0 Å². The van der Waals surface area contributed by atoms with E-state index in [4.69, 9.17) is 0 Å². The zero-order valence-corrected chi connectivity index (χ0v) is 57.9. The Balaban J connectivity index is 1.12. The van der Waals surface area contributed by atoms with E-state index in [9.17, 15) is 61.3 Å². The van der Waals surface area contributed by atoms with Crippen LogP contribution in [0.5, 0.6) is 69.0 Å². The molecule has 0 aromatic heterocycles. The Hall–Kier alpha value is -8.12. The molecule has 0 saturated heterocycles. The third-order valence-corrected chi connectivity index (χ3v) is 21.8.